The van der Waals surface area contributed by atoms with Crippen LogP contribution in [0.3, 0.4) is 0 Å². The van der Waals surface area contributed by atoms with Crippen LogP contribution in [0.2, 0.25) is 0 Å². The summed E-state index contributed by atoms with van der Waals surface area (Å²) in [5.41, 5.74) is 1.07. The number of hydrogen-bond acceptors (Lipinski definition) is 7. The Bertz CT molecular complexity index is 922. The molecule has 26 heavy (non-hydrogen) atoms. The molecule has 134 valence electrons. The molecule has 0 radical (unpaired) electrons. The number of nitro groups is 1. The molecule has 3 aromatic rings. The molecule has 6 nitrogen and oxygen atoms in total. The van der Waals surface area contributed by atoms with Crippen molar-refractivity contribution in [3.8, 4) is 0 Å². The van der Waals surface area contributed by atoms with Gasteiger partial charge in [0.1, 0.15) is 0 Å². The molecule has 1 amide bonds. The second-order valence-electron chi connectivity index (χ2n) is 5.38. The fourth-order valence-corrected chi connectivity index (χ4v) is 4.80. The number of thiophene rings is 1. The fourth-order valence-electron chi connectivity index (χ4n) is 2.22. The summed E-state index contributed by atoms with van der Waals surface area (Å²) >= 11 is 4.30. The van der Waals surface area contributed by atoms with E-state index in [-0.39, 0.29) is 17.2 Å². The lowest BCUT2D eigenvalue weighted by Gasteiger charge is -2.06. The predicted octanol–water partition coefficient (Wildman–Crippen LogP) is 4.54. The Morgan fingerprint density at radius 2 is 2.19 bits per heavy atom. The molecule has 0 aliphatic carbocycles. The van der Waals surface area contributed by atoms with Gasteiger partial charge in [-0.25, -0.2) is 4.98 Å². The summed E-state index contributed by atoms with van der Waals surface area (Å²) in [4.78, 5) is 29.2. The number of rotatable bonds is 7. The van der Waals surface area contributed by atoms with Gasteiger partial charge in [-0.2, -0.15) is 0 Å². The Morgan fingerprint density at radius 3 is 2.85 bits per heavy atom. The minimum Gasteiger partial charge on any atom is -0.352 e. The van der Waals surface area contributed by atoms with Crippen LogP contribution in [-0.2, 0) is 6.42 Å². The van der Waals surface area contributed by atoms with Crippen molar-refractivity contribution < 1.29 is 9.72 Å². The zero-order valence-electron chi connectivity index (χ0n) is 13.8. The summed E-state index contributed by atoms with van der Waals surface area (Å²) in [7, 11) is 0. The smallest absolute Gasteiger partial charge is 0.284 e. The van der Waals surface area contributed by atoms with Crippen molar-refractivity contribution in [2.45, 2.75) is 22.6 Å². The minimum atomic E-state index is -0.467. The van der Waals surface area contributed by atoms with Crippen molar-refractivity contribution >= 4 is 46.0 Å². The Morgan fingerprint density at radius 1 is 1.35 bits per heavy atom. The molecule has 0 bridgehead atoms. The SMILES string of the molecule is Cc1csc(Sc2ccc(C(=O)NCCc3cccs3)cc2[N+](=O)[O-])n1. The number of nitrogens with one attached hydrogen (secondary N) is 1. The molecule has 1 N–H and O–H groups in total. The molecule has 0 saturated carbocycles. The van der Waals surface area contributed by atoms with E-state index in [2.05, 4.69) is 10.3 Å². The van der Waals surface area contributed by atoms with E-state index in [4.69, 9.17) is 0 Å². The van der Waals surface area contributed by atoms with Gasteiger partial charge in [-0.3, -0.25) is 14.9 Å². The van der Waals surface area contributed by atoms with Crippen LogP contribution in [0.5, 0.6) is 0 Å². The molecule has 1 aromatic carbocycles. The quantitative estimate of drug-likeness (QED) is 0.461. The second-order valence-corrected chi connectivity index (χ2v) is 8.56. The third-order valence-electron chi connectivity index (χ3n) is 3.45. The highest BCUT2D eigenvalue weighted by Gasteiger charge is 2.19. The molecule has 0 aliphatic heterocycles. The lowest BCUT2D eigenvalue weighted by atomic mass is 10.2. The zero-order valence-corrected chi connectivity index (χ0v) is 16.2. The van der Waals surface area contributed by atoms with Gasteiger partial charge in [0.05, 0.1) is 9.82 Å². The number of hydrogen-bond donors (Lipinski definition) is 1. The molecular weight excluding hydrogens is 390 g/mol. The second kappa shape index (κ2) is 8.43. The van der Waals surface area contributed by atoms with Crippen LogP contribution in [0.4, 0.5) is 5.69 Å². The minimum absolute atomic E-state index is 0.0891. The Labute approximate surface area is 162 Å². The lowest BCUT2D eigenvalue weighted by molar-refractivity contribution is -0.387. The molecule has 3 rings (SSSR count). The molecular formula is C17H15N3O3S3. The zero-order chi connectivity index (χ0) is 18.5. The molecule has 9 heteroatoms. The van der Waals surface area contributed by atoms with Gasteiger partial charge in [0.2, 0.25) is 0 Å². The molecule has 2 aromatic heterocycles. The number of aromatic nitrogens is 1. The Balaban J connectivity index is 1.70. The van der Waals surface area contributed by atoms with Crippen LogP contribution in [-0.4, -0.2) is 22.4 Å². The van der Waals surface area contributed by atoms with Crippen LogP contribution in [0.25, 0.3) is 0 Å². The summed E-state index contributed by atoms with van der Waals surface area (Å²) in [5.74, 6) is -0.314. The van der Waals surface area contributed by atoms with E-state index in [1.807, 2.05) is 29.8 Å². The van der Waals surface area contributed by atoms with E-state index in [0.717, 1.165) is 16.5 Å². The Hall–Kier alpha value is -2.23. The maximum absolute atomic E-state index is 12.3. The average Bonchev–Trinajstić information content (AvgIpc) is 3.26. The molecule has 0 unspecified atom stereocenters. The standard InChI is InChI=1S/C17H15N3O3S3/c1-11-10-25-17(19-11)26-15-5-4-12(9-14(15)20(22)23)16(21)18-7-6-13-3-2-8-24-13/h2-5,8-10H,6-7H2,1H3,(H,18,21). The van der Waals surface area contributed by atoms with Gasteiger partial charge < -0.3 is 5.32 Å². The first-order valence-corrected chi connectivity index (χ1v) is 10.3. The first-order valence-electron chi connectivity index (χ1n) is 7.72. The molecule has 0 aliphatic rings. The largest absolute Gasteiger partial charge is 0.352 e. The van der Waals surface area contributed by atoms with Crippen molar-refractivity contribution in [3.63, 3.8) is 0 Å². The van der Waals surface area contributed by atoms with Crippen molar-refractivity contribution in [1.82, 2.24) is 10.3 Å². The van der Waals surface area contributed by atoms with E-state index >= 15 is 0 Å². The predicted molar refractivity (Wildman–Crippen MR) is 104 cm³/mol. The van der Waals surface area contributed by atoms with E-state index in [0.29, 0.717) is 11.4 Å². The first kappa shape index (κ1) is 18.6. The van der Waals surface area contributed by atoms with Crippen molar-refractivity contribution in [3.05, 3.63) is 67.3 Å². The van der Waals surface area contributed by atoms with E-state index in [1.54, 1.807) is 23.5 Å². The molecule has 0 atom stereocenters. The highest BCUT2D eigenvalue weighted by Crippen LogP contribution is 2.36. The van der Waals surface area contributed by atoms with Crippen LogP contribution in [0.15, 0.2) is 50.3 Å². The number of amides is 1. The van der Waals surface area contributed by atoms with E-state index in [9.17, 15) is 14.9 Å². The number of aryl methyl sites for hydroxylation is 1. The van der Waals surface area contributed by atoms with Crippen LogP contribution < -0.4 is 5.32 Å². The molecule has 2 heterocycles. The fraction of sp³-hybridized carbons (Fsp3) is 0.176. The summed E-state index contributed by atoms with van der Waals surface area (Å²) in [5, 5.41) is 18.1. The number of thiazole rings is 1. The van der Waals surface area contributed by atoms with Crippen LogP contribution in [0.1, 0.15) is 20.9 Å². The Kier molecular flexibility index (Phi) is 6.02. The third kappa shape index (κ3) is 4.69. The van der Waals surface area contributed by atoms with Gasteiger partial charge in [-0.05, 0) is 36.9 Å². The maximum atomic E-state index is 12.3. The lowest BCUT2D eigenvalue weighted by Crippen LogP contribution is -2.25. The van der Waals surface area contributed by atoms with Gasteiger partial charge in [0.15, 0.2) is 4.34 Å². The monoisotopic (exact) mass is 405 g/mol. The summed E-state index contributed by atoms with van der Waals surface area (Å²) < 4.78 is 0.735. The number of carbonyl (C=O) groups is 1. The van der Waals surface area contributed by atoms with Gasteiger partial charge in [-0.1, -0.05) is 17.8 Å². The van der Waals surface area contributed by atoms with E-state index in [1.165, 1.54) is 34.0 Å². The molecule has 0 spiro atoms. The van der Waals surface area contributed by atoms with Gasteiger partial charge in [0, 0.05) is 34.1 Å². The van der Waals surface area contributed by atoms with Gasteiger partial charge in [0.25, 0.3) is 11.6 Å². The normalized spacial score (nSPS) is 10.7. The number of nitro benzene ring substituents is 1. The van der Waals surface area contributed by atoms with Crippen molar-refractivity contribution in [2.24, 2.45) is 0 Å². The summed E-state index contributed by atoms with van der Waals surface area (Å²) in [6, 6.07) is 8.51. The van der Waals surface area contributed by atoms with Crippen LogP contribution >= 0.6 is 34.4 Å². The van der Waals surface area contributed by atoms with Crippen molar-refractivity contribution in [2.75, 3.05) is 6.54 Å². The van der Waals surface area contributed by atoms with Crippen molar-refractivity contribution in [1.29, 1.82) is 0 Å². The highest BCUT2D eigenvalue weighted by atomic mass is 32.2. The number of carbonyl (C=O) groups excluding carboxylic acids is 1. The van der Waals surface area contributed by atoms with Gasteiger partial charge >= 0.3 is 0 Å². The molecule has 0 fully saturated rings. The van der Waals surface area contributed by atoms with E-state index < -0.39 is 4.92 Å². The third-order valence-corrected chi connectivity index (χ3v) is 6.51. The molecule has 0 saturated heterocycles. The number of nitrogens with zero attached hydrogens (tertiary/aromatic N) is 2. The summed E-state index contributed by atoms with van der Waals surface area (Å²) in [6.45, 7) is 2.36. The topological polar surface area (TPSA) is 85.1 Å². The summed E-state index contributed by atoms with van der Waals surface area (Å²) in [6.07, 6.45) is 0.739. The average molecular weight is 406 g/mol. The highest BCUT2D eigenvalue weighted by molar-refractivity contribution is 8.01. The maximum Gasteiger partial charge on any atom is 0.284 e. The number of benzene rings is 1. The first-order chi connectivity index (χ1) is 12.5. The van der Waals surface area contributed by atoms with Gasteiger partial charge in [-0.15, -0.1) is 22.7 Å². The van der Waals surface area contributed by atoms with Crippen LogP contribution in [0, 0.1) is 17.0 Å².